The van der Waals surface area contributed by atoms with Crippen LogP contribution < -0.4 is 0 Å². The van der Waals surface area contributed by atoms with Gasteiger partial charge in [-0.1, -0.05) is 6.58 Å². The van der Waals surface area contributed by atoms with Gasteiger partial charge in [0.25, 0.3) is 0 Å². The maximum absolute atomic E-state index is 11.3. The second kappa shape index (κ2) is 4.70. The third-order valence-corrected chi connectivity index (χ3v) is 3.03. The van der Waals surface area contributed by atoms with Gasteiger partial charge in [0.1, 0.15) is 0 Å². The zero-order valence-electron chi connectivity index (χ0n) is 7.47. The Labute approximate surface area is 81.1 Å². The van der Waals surface area contributed by atoms with Crippen LogP contribution >= 0.6 is 7.82 Å². The smallest absolute Gasteiger partial charge is 0.474 e. The Bertz CT molecular complexity index is 276. The van der Waals surface area contributed by atoms with Crippen LogP contribution in [0.1, 0.15) is 6.42 Å². The number of rotatable bonds is 5. The van der Waals surface area contributed by atoms with Crippen molar-refractivity contribution < 1.29 is 28.0 Å². The summed E-state index contributed by atoms with van der Waals surface area (Å²) in [6.45, 7) is 3.72. The van der Waals surface area contributed by atoms with E-state index >= 15 is 0 Å². The largest absolute Gasteiger partial charge is 0.478 e. The van der Waals surface area contributed by atoms with Crippen LogP contribution in [-0.2, 0) is 22.9 Å². The van der Waals surface area contributed by atoms with E-state index in [1.807, 2.05) is 0 Å². The highest BCUT2D eigenvalue weighted by atomic mass is 31.2. The summed E-state index contributed by atoms with van der Waals surface area (Å²) in [7, 11) is -3.39. The van der Waals surface area contributed by atoms with Gasteiger partial charge in [0, 0.05) is 12.0 Å². The lowest BCUT2D eigenvalue weighted by Gasteiger charge is -2.08. The molecule has 0 spiro atoms. The van der Waals surface area contributed by atoms with Gasteiger partial charge in [0.05, 0.1) is 19.8 Å². The van der Waals surface area contributed by atoms with Gasteiger partial charge in [-0.2, -0.15) is 0 Å². The molecule has 6 nitrogen and oxygen atoms in total. The van der Waals surface area contributed by atoms with Gasteiger partial charge >= 0.3 is 13.8 Å². The second-order valence-electron chi connectivity index (χ2n) is 2.61. The highest BCUT2D eigenvalue weighted by Gasteiger charge is 2.31. The summed E-state index contributed by atoms with van der Waals surface area (Å²) in [5, 5.41) is 8.45. The van der Waals surface area contributed by atoms with Gasteiger partial charge in [0.2, 0.25) is 0 Å². The highest BCUT2D eigenvalue weighted by molar-refractivity contribution is 7.48. The summed E-state index contributed by atoms with van der Waals surface area (Å²) in [5.41, 5.74) is -0.00389. The molecule has 0 atom stereocenters. The fraction of sp³-hybridized carbons (Fsp3) is 0.571. The number of carbonyl (C=O) groups is 1. The third kappa shape index (κ3) is 3.23. The zero-order chi connectivity index (χ0) is 10.6. The van der Waals surface area contributed by atoms with Crippen molar-refractivity contribution in [2.45, 2.75) is 6.42 Å². The molecular formula is C7H11O6P. The molecule has 0 radical (unpaired) electrons. The number of aliphatic carboxylic acids is 1. The van der Waals surface area contributed by atoms with Crippen molar-refractivity contribution in [2.24, 2.45) is 0 Å². The molecule has 0 saturated carbocycles. The van der Waals surface area contributed by atoms with Crippen molar-refractivity contribution in [3.05, 3.63) is 12.2 Å². The Morgan fingerprint density at radius 3 is 2.57 bits per heavy atom. The third-order valence-electron chi connectivity index (χ3n) is 1.54. The normalized spacial score (nSPS) is 19.4. The Morgan fingerprint density at radius 1 is 1.50 bits per heavy atom. The molecule has 1 aliphatic rings. The van der Waals surface area contributed by atoms with Gasteiger partial charge in [0.15, 0.2) is 0 Å². The predicted octanol–water partition coefficient (Wildman–Crippen LogP) is 1.19. The maximum Gasteiger partial charge on any atom is 0.474 e. The second-order valence-corrected chi connectivity index (χ2v) is 4.27. The van der Waals surface area contributed by atoms with E-state index in [0.29, 0.717) is 0 Å². The molecule has 1 aliphatic heterocycles. The van der Waals surface area contributed by atoms with Crippen molar-refractivity contribution in [1.82, 2.24) is 0 Å². The Morgan fingerprint density at radius 2 is 2.07 bits per heavy atom. The van der Waals surface area contributed by atoms with Gasteiger partial charge in [-0.25, -0.2) is 9.36 Å². The maximum atomic E-state index is 11.3. The Kier molecular flexibility index (Phi) is 3.83. The van der Waals surface area contributed by atoms with Crippen LogP contribution in [0.25, 0.3) is 0 Å². The zero-order valence-corrected chi connectivity index (χ0v) is 8.37. The van der Waals surface area contributed by atoms with Crippen LogP contribution in [0.3, 0.4) is 0 Å². The molecule has 0 aliphatic carbocycles. The summed E-state index contributed by atoms with van der Waals surface area (Å²) < 4.78 is 25.6. The summed E-state index contributed by atoms with van der Waals surface area (Å²) in [4.78, 5) is 10.3. The minimum atomic E-state index is -3.39. The monoisotopic (exact) mass is 222 g/mol. The van der Waals surface area contributed by atoms with Crippen molar-refractivity contribution in [2.75, 3.05) is 19.8 Å². The van der Waals surface area contributed by atoms with Crippen molar-refractivity contribution >= 4 is 13.8 Å². The van der Waals surface area contributed by atoms with Crippen molar-refractivity contribution in [1.29, 1.82) is 0 Å². The molecule has 80 valence electrons. The average Bonchev–Trinajstić information content (AvgIpc) is 2.52. The Balaban J connectivity index is 2.24. The van der Waals surface area contributed by atoms with Gasteiger partial charge < -0.3 is 5.11 Å². The highest BCUT2D eigenvalue weighted by Crippen LogP contribution is 2.52. The lowest BCUT2D eigenvalue weighted by molar-refractivity contribution is -0.132. The lowest BCUT2D eigenvalue weighted by Crippen LogP contribution is -2.02. The fourth-order valence-electron chi connectivity index (χ4n) is 0.798. The molecule has 0 aromatic heterocycles. The Hall–Kier alpha value is -0.680. The minimum absolute atomic E-state index is 0.00389. The molecule has 7 heteroatoms. The van der Waals surface area contributed by atoms with Crippen molar-refractivity contribution in [3.8, 4) is 0 Å². The van der Waals surface area contributed by atoms with Crippen LogP contribution in [0.15, 0.2) is 12.2 Å². The number of phosphoric acid groups is 1. The van der Waals surface area contributed by atoms with Crippen LogP contribution in [0, 0.1) is 0 Å². The summed E-state index contributed by atoms with van der Waals surface area (Å²) >= 11 is 0. The molecular weight excluding hydrogens is 211 g/mol. The van der Waals surface area contributed by atoms with E-state index in [4.69, 9.17) is 18.7 Å². The topological polar surface area (TPSA) is 82.1 Å². The van der Waals surface area contributed by atoms with Gasteiger partial charge in [-0.15, -0.1) is 0 Å². The molecule has 14 heavy (non-hydrogen) atoms. The van der Waals surface area contributed by atoms with Crippen molar-refractivity contribution in [3.63, 3.8) is 0 Å². The first-order chi connectivity index (χ1) is 6.53. The van der Waals surface area contributed by atoms with E-state index in [9.17, 15) is 9.36 Å². The fourth-order valence-corrected chi connectivity index (χ4v) is 1.93. The molecule has 1 fully saturated rings. The van der Waals surface area contributed by atoms with Gasteiger partial charge in [-0.05, 0) is 0 Å². The van der Waals surface area contributed by atoms with Crippen LogP contribution in [0.4, 0.5) is 0 Å². The molecule has 0 aromatic rings. The van der Waals surface area contributed by atoms with Crippen LogP contribution in [-0.4, -0.2) is 30.9 Å². The molecule has 1 N–H and O–H groups in total. The summed E-state index contributed by atoms with van der Waals surface area (Å²) in [6.07, 6.45) is 0.0893. The minimum Gasteiger partial charge on any atom is -0.478 e. The summed E-state index contributed by atoms with van der Waals surface area (Å²) in [5.74, 6) is -1.10. The molecule has 0 unspecified atom stereocenters. The molecule has 0 bridgehead atoms. The first-order valence-corrected chi connectivity index (χ1v) is 5.44. The molecule has 0 aromatic carbocycles. The number of carboxylic acids is 1. The molecule has 0 amide bonds. The average molecular weight is 222 g/mol. The number of hydrogen-bond donors (Lipinski definition) is 1. The first kappa shape index (κ1) is 11.4. The van der Waals surface area contributed by atoms with E-state index in [2.05, 4.69) is 6.58 Å². The van der Waals surface area contributed by atoms with Crippen LogP contribution in [0.2, 0.25) is 0 Å². The number of carboxylic acid groups (broad SMARTS) is 1. The summed E-state index contributed by atoms with van der Waals surface area (Å²) in [6, 6.07) is 0. The van der Waals surface area contributed by atoms with E-state index < -0.39 is 13.8 Å². The van der Waals surface area contributed by atoms with E-state index in [1.54, 1.807) is 0 Å². The quantitative estimate of drug-likeness (QED) is 0.555. The molecule has 1 saturated heterocycles. The first-order valence-electron chi connectivity index (χ1n) is 3.98. The van der Waals surface area contributed by atoms with E-state index in [0.717, 1.165) is 0 Å². The van der Waals surface area contributed by atoms with E-state index in [1.165, 1.54) is 0 Å². The molecule has 1 rings (SSSR count). The van der Waals surface area contributed by atoms with Crippen LogP contribution in [0.5, 0.6) is 0 Å². The number of phosphoric ester groups is 1. The lowest BCUT2D eigenvalue weighted by atomic mass is 10.2. The SMILES string of the molecule is C=C(CCOP1(=O)OCCO1)C(=O)O. The standard InChI is InChI=1S/C7H11O6P/c1-6(7(8)9)2-3-11-14(10)12-4-5-13-14/h1-5H2,(H,8,9). The predicted molar refractivity (Wildman–Crippen MR) is 46.9 cm³/mol. The number of hydrogen-bond acceptors (Lipinski definition) is 5. The van der Waals surface area contributed by atoms with Gasteiger partial charge in [-0.3, -0.25) is 13.6 Å². The molecule has 1 heterocycles. The van der Waals surface area contributed by atoms with E-state index in [-0.39, 0.29) is 31.8 Å².